The molecule has 0 spiro atoms. The van der Waals surface area contributed by atoms with Crippen molar-refractivity contribution in [3.63, 3.8) is 0 Å². The molecule has 1 saturated heterocycles. The quantitative estimate of drug-likeness (QED) is 0.140. The van der Waals surface area contributed by atoms with Crippen LogP contribution >= 0.6 is 0 Å². The molecule has 12 atom stereocenters. The first-order chi connectivity index (χ1) is 29.1. The fraction of sp³-hybridized carbons (Fsp3) is 0.696. The third-order valence-corrected chi connectivity index (χ3v) is 14.3. The molecule has 4 N–H and O–H groups in total. The zero-order chi connectivity index (χ0) is 47.0. The van der Waals surface area contributed by atoms with Gasteiger partial charge in [0.25, 0.3) is 0 Å². The number of hydrogen-bond acceptors (Lipinski definition) is 16. The van der Waals surface area contributed by atoms with Gasteiger partial charge in [-0.1, -0.05) is 40.7 Å². The van der Waals surface area contributed by atoms with Gasteiger partial charge in [-0.15, -0.1) is 0 Å². The molecule has 1 aromatic carbocycles. The van der Waals surface area contributed by atoms with Crippen molar-refractivity contribution in [3.8, 4) is 5.75 Å². The molecule has 0 aromatic heterocycles. The third-order valence-electron chi connectivity index (χ3n) is 14.3. The number of aliphatic hydroxyl groups is 3. The lowest BCUT2D eigenvalue weighted by atomic mass is 9.44. The summed E-state index contributed by atoms with van der Waals surface area (Å²) in [7, 11) is 1.41. The van der Waals surface area contributed by atoms with Crippen molar-refractivity contribution in [1.82, 2.24) is 5.32 Å². The molecule has 4 aliphatic carbocycles. The number of amides is 1. The van der Waals surface area contributed by atoms with Gasteiger partial charge in [-0.05, 0) is 81.7 Å². The van der Waals surface area contributed by atoms with Crippen LogP contribution in [0.15, 0.2) is 35.4 Å². The molecule has 0 radical (unpaired) electrons. The molecular formula is C46H63NO16. The topological polar surface area (TPSA) is 240 Å². The molecule has 1 amide bonds. The van der Waals surface area contributed by atoms with Crippen molar-refractivity contribution in [2.75, 3.05) is 13.7 Å². The van der Waals surface area contributed by atoms with Gasteiger partial charge in [0.2, 0.25) is 0 Å². The molecule has 0 unspecified atom stereocenters. The van der Waals surface area contributed by atoms with Crippen LogP contribution in [0.3, 0.4) is 0 Å². The number of Topliss-reactive ketones (excluding diaryl/α,β-unsaturated/α-hetero) is 1. The lowest BCUT2D eigenvalue weighted by Gasteiger charge is -2.67. The largest absolute Gasteiger partial charge is 0.497 e. The number of nitrogens with one attached hydrogen (secondary N) is 1. The minimum atomic E-state index is -2.41. The lowest BCUT2D eigenvalue weighted by molar-refractivity contribution is -0.346. The van der Waals surface area contributed by atoms with Gasteiger partial charge in [-0.25, -0.2) is 14.4 Å². The second-order valence-corrected chi connectivity index (χ2v) is 20.2. The SMILES string of the molecule is CCC(=O)O[C@H]1C(=O)[C@@]2(C)[C@H]([C@H](OC(=O)c3cccc(OC)c3)[C@]3(O)C[C@H](OC(=O)[C@H](O)[C@@H](NC(=O)OC(C)(C)C)[C@H]4CC4(C)C)C(C)=C1C3(C)C)[C@]1(OC(C)=O)CO[C@@H]1C[C@@H]2O. The fourth-order valence-electron chi connectivity index (χ4n) is 10.6. The van der Waals surface area contributed by atoms with Crippen molar-refractivity contribution < 1.29 is 77.2 Å². The maximum absolute atomic E-state index is 15.6. The summed E-state index contributed by atoms with van der Waals surface area (Å²) in [6.07, 6.45) is -11.0. The fourth-order valence-corrected chi connectivity index (χ4v) is 10.6. The van der Waals surface area contributed by atoms with Gasteiger partial charge in [0.05, 0.1) is 42.8 Å². The zero-order valence-corrected chi connectivity index (χ0v) is 38.2. The van der Waals surface area contributed by atoms with E-state index in [4.69, 9.17) is 33.2 Å². The molecule has 4 fully saturated rings. The third kappa shape index (κ3) is 8.23. The van der Waals surface area contributed by atoms with Gasteiger partial charge in [-0.3, -0.25) is 14.4 Å². The number of aliphatic hydroxyl groups excluding tert-OH is 2. The van der Waals surface area contributed by atoms with Crippen LogP contribution in [0.4, 0.5) is 4.79 Å². The van der Waals surface area contributed by atoms with Gasteiger partial charge in [0, 0.05) is 31.6 Å². The number of alkyl carbamates (subject to hydrolysis) is 1. The Kier molecular flexibility index (Phi) is 12.5. The van der Waals surface area contributed by atoms with E-state index in [1.807, 2.05) is 13.8 Å². The Morgan fingerprint density at radius 3 is 2.21 bits per heavy atom. The van der Waals surface area contributed by atoms with Crippen LogP contribution in [0.1, 0.15) is 112 Å². The normalized spacial score (nSPS) is 34.8. The number of benzene rings is 1. The van der Waals surface area contributed by atoms with Crippen LogP contribution in [-0.2, 0) is 47.6 Å². The molecule has 3 saturated carbocycles. The average Bonchev–Trinajstić information content (AvgIpc) is 3.83. The summed E-state index contributed by atoms with van der Waals surface area (Å²) >= 11 is 0. The van der Waals surface area contributed by atoms with E-state index < -0.39 is 118 Å². The van der Waals surface area contributed by atoms with Gasteiger partial charge >= 0.3 is 30.0 Å². The van der Waals surface area contributed by atoms with Crippen LogP contribution < -0.4 is 10.1 Å². The number of carbonyl (C=O) groups is 6. The summed E-state index contributed by atoms with van der Waals surface area (Å²) in [6, 6.07) is 4.84. The number of ether oxygens (including phenoxy) is 7. The highest BCUT2D eigenvalue weighted by atomic mass is 16.6. The van der Waals surface area contributed by atoms with Crippen molar-refractivity contribution in [1.29, 1.82) is 0 Å². The Bertz CT molecular complexity index is 2070. The summed E-state index contributed by atoms with van der Waals surface area (Å²) in [5.74, 6) is -6.27. The molecule has 63 heavy (non-hydrogen) atoms. The van der Waals surface area contributed by atoms with E-state index in [0.29, 0.717) is 12.2 Å². The molecular weight excluding hydrogens is 822 g/mol. The lowest BCUT2D eigenvalue weighted by Crippen LogP contribution is -2.82. The minimum Gasteiger partial charge on any atom is -0.497 e. The van der Waals surface area contributed by atoms with E-state index in [1.165, 1.54) is 40.0 Å². The molecule has 2 bridgehead atoms. The molecule has 17 heteroatoms. The highest BCUT2D eigenvalue weighted by Crippen LogP contribution is 2.64. The molecule has 1 aliphatic heterocycles. The number of esters is 4. The first-order valence-corrected chi connectivity index (χ1v) is 21.5. The Morgan fingerprint density at radius 1 is 1.02 bits per heavy atom. The highest BCUT2D eigenvalue weighted by molar-refractivity contribution is 5.96. The monoisotopic (exact) mass is 885 g/mol. The Morgan fingerprint density at radius 2 is 1.67 bits per heavy atom. The number of ketones is 1. The molecule has 6 rings (SSSR count). The molecule has 17 nitrogen and oxygen atoms in total. The number of carbonyl (C=O) groups excluding carboxylic acids is 6. The number of fused-ring (bicyclic) bond motifs is 5. The standard InChI is InChI=1S/C46H63NO16/c1-13-30(50)60-34-31-22(2)27(59-39(54)33(51)32(26-19-42(26,7)8)47-40(55)63-41(4,5)6)20-46(56,43(31,9)10)37(61-38(53)24-15-14-16-25(17-24)57-12)35-44(11,36(34)52)28(49)18-29-45(35,21-58-29)62-23(3)48/h14-17,26-29,32-35,37,49,51,56H,13,18-21H2,1-12H3,(H,47,55)/t26-,27+,28+,29-,32+,33-,34-,35+,37+,44-,45+,46-/m1/s1. The molecule has 1 aromatic rings. The number of methoxy groups -OCH3 is 1. The maximum atomic E-state index is 15.6. The Labute approximate surface area is 367 Å². The van der Waals surface area contributed by atoms with Crippen LogP contribution in [-0.4, -0.2) is 124 Å². The highest BCUT2D eigenvalue weighted by Gasteiger charge is 2.78. The first-order valence-electron chi connectivity index (χ1n) is 21.5. The van der Waals surface area contributed by atoms with E-state index in [-0.39, 0.29) is 47.5 Å². The first kappa shape index (κ1) is 47.9. The van der Waals surface area contributed by atoms with Crippen molar-refractivity contribution in [3.05, 3.63) is 41.0 Å². The van der Waals surface area contributed by atoms with Crippen molar-refractivity contribution >= 4 is 35.8 Å². The second kappa shape index (κ2) is 16.4. The summed E-state index contributed by atoms with van der Waals surface area (Å²) < 4.78 is 41.3. The Hall–Kier alpha value is -4.58. The summed E-state index contributed by atoms with van der Waals surface area (Å²) in [5.41, 5.74) is -9.04. The van der Waals surface area contributed by atoms with Gasteiger partial charge in [-0.2, -0.15) is 0 Å². The van der Waals surface area contributed by atoms with Crippen LogP contribution in [0, 0.1) is 28.1 Å². The van der Waals surface area contributed by atoms with Crippen molar-refractivity contribution in [2.24, 2.45) is 28.1 Å². The van der Waals surface area contributed by atoms with Crippen LogP contribution in [0.5, 0.6) is 5.75 Å². The average molecular weight is 886 g/mol. The van der Waals surface area contributed by atoms with E-state index in [2.05, 4.69) is 5.32 Å². The molecule has 348 valence electrons. The van der Waals surface area contributed by atoms with Crippen molar-refractivity contribution in [2.45, 2.75) is 161 Å². The van der Waals surface area contributed by atoms with E-state index in [0.717, 1.165) is 6.92 Å². The van der Waals surface area contributed by atoms with Crippen LogP contribution in [0.2, 0.25) is 0 Å². The van der Waals surface area contributed by atoms with Gasteiger partial charge in [0.15, 0.2) is 23.6 Å². The summed E-state index contributed by atoms with van der Waals surface area (Å²) in [5, 5.41) is 40.3. The summed E-state index contributed by atoms with van der Waals surface area (Å²) in [4.78, 5) is 83.8. The second-order valence-electron chi connectivity index (χ2n) is 20.2. The maximum Gasteiger partial charge on any atom is 0.407 e. The van der Waals surface area contributed by atoms with E-state index in [1.54, 1.807) is 46.8 Å². The van der Waals surface area contributed by atoms with E-state index >= 15 is 4.79 Å². The summed E-state index contributed by atoms with van der Waals surface area (Å²) in [6.45, 7) is 17.3. The van der Waals surface area contributed by atoms with Gasteiger partial charge in [0.1, 0.15) is 35.3 Å². The smallest absolute Gasteiger partial charge is 0.407 e. The number of rotatable bonds is 11. The van der Waals surface area contributed by atoms with Gasteiger partial charge < -0.3 is 53.8 Å². The number of hydrogen-bond donors (Lipinski definition) is 4. The van der Waals surface area contributed by atoms with E-state index in [9.17, 15) is 39.3 Å². The zero-order valence-electron chi connectivity index (χ0n) is 38.2. The minimum absolute atomic E-state index is 0.00456. The van der Waals surface area contributed by atoms with Crippen LogP contribution in [0.25, 0.3) is 0 Å². The molecule has 5 aliphatic rings. The predicted octanol–water partition coefficient (Wildman–Crippen LogP) is 3.90. The predicted molar refractivity (Wildman–Crippen MR) is 221 cm³/mol. The Balaban J connectivity index is 1.55. The molecule has 1 heterocycles.